The molecule has 0 aliphatic heterocycles. The second kappa shape index (κ2) is 5.38. The van der Waals surface area contributed by atoms with Gasteiger partial charge in [-0.1, -0.05) is 51.8 Å². The Balaban J connectivity index is 3.44. The van der Waals surface area contributed by atoms with Crippen LogP contribution in [0.4, 0.5) is 0 Å². The molecule has 3 nitrogen and oxygen atoms in total. The van der Waals surface area contributed by atoms with Crippen LogP contribution in [0.1, 0.15) is 25.8 Å². The molecule has 0 aliphatic rings. The SMILES string of the molecule is CC(C)(CCBr)c1ccc(Br)cc1S(N)(=O)=O. The number of benzene rings is 1. The average Bonchev–Trinajstić information content (AvgIpc) is 2.15. The summed E-state index contributed by atoms with van der Waals surface area (Å²) in [4.78, 5) is 0.192. The second-order valence-corrected chi connectivity index (χ2v) is 7.75. The molecule has 0 fully saturated rings. The molecule has 0 radical (unpaired) electrons. The Hall–Kier alpha value is 0.0900. The number of hydrogen-bond acceptors (Lipinski definition) is 2. The van der Waals surface area contributed by atoms with Gasteiger partial charge in [-0.3, -0.25) is 0 Å². The predicted octanol–water partition coefficient (Wildman–Crippen LogP) is 3.16. The average molecular weight is 385 g/mol. The number of hydrogen-bond donors (Lipinski definition) is 1. The lowest BCUT2D eigenvalue weighted by molar-refractivity contribution is 0.498. The Bertz CT molecular complexity index is 512. The highest BCUT2D eigenvalue weighted by Crippen LogP contribution is 2.33. The Morgan fingerprint density at radius 2 is 1.94 bits per heavy atom. The molecule has 0 saturated carbocycles. The molecule has 0 unspecified atom stereocenters. The van der Waals surface area contributed by atoms with Gasteiger partial charge in [-0.15, -0.1) is 0 Å². The number of rotatable bonds is 4. The zero-order chi connectivity index (χ0) is 13.3. The van der Waals surface area contributed by atoms with Gasteiger partial charge in [-0.25, -0.2) is 13.6 Å². The largest absolute Gasteiger partial charge is 0.238 e. The van der Waals surface area contributed by atoms with Crippen LogP contribution in [0.25, 0.3) is 0 Å². The first-order valence-corrected chi connectivity index (χ1v) is 8.53. The number of primary sulfonamides is 1. The smallest absolute Gasteiger partial charge is 0.225 e. The molecule has 0 aliphatic carbocycles. The molecule has 1 aromatic carbocycles. The minimum absolute atomic E-state index is 0.192. The molecule has 0 amide bonds. The molecule has 0 atom stereocenters. The highest BCUT2D eigenvalue weighted by molar-refractivity contribution is 9.10. The fraction of sp³-hybridized carbons (Fsp3) is 0.455. The summed E-state index contributed by atoms with van der Waals surface area (Å²) in [5.74, 6) is 0. The first kappa shape index (κ1) is 15.1. The van der Waals surface area contributed by atoms with Crippen molar-refractivity contribution in [3.63, 3.8) is 0 Å². The first-order valence-electron chi connectivity index (χ1n) is 5.07. The van der Waals surface area contributed by atoms with Crippen LogP contribution in [0.2, 0.25) is 0 Å². The molecule has 6 heteroatoms. The maximum atomic E-state index is 11.6. The van der Waals surface area contributed by atoms with Gasteiger partial charge < -0.3 is 0 Å². The lowest BCUT2D eigenvalue weighted by Gasteiger charge is -2.26. The highest BCUT2D eigenvalue weighted by atomic mass is 79.9. The molecule has 1 aromatic rings. The molecule has 0 heterocycles. The van der Waals surface area contributed by atoms with Crippen LogP contribution in [0, 0.1) is 0 Å². The topological polar surface area (TPSA) is 60.2 Å². The molecule has 2 N–H and O–H groups in total. The van der Waals surface area contributed by atoms with Crippen molar-refractivity contribution in [3.05, 3.63) is 28.2 Å². The fourth-order valence-corrected chi connectivity index (χ4v) is 4.11. The first-order chi connectivity index (χ1) is 7.68. The van der Waals surface area contributed by atoms with Gasteiger partial charge in [0.15, 0.2) is 0 Å². The van der Waals surface area contributed by atoms with Crippen LogP contribution < -0.4 is 5.14 Å². The van der Waals surface area contributed by atoms with E-state index in [1.165, 1.54) is 0 Å². The summed E-state index contributed by atoms with van der Waals surface area (Å²) in [6.45, 7) is 4.01. The van der Waals surface area contributed by atoms with Gasteiger partial charge in [-0.2, -0.15) is 0 Å². The van der Waals surface area contributed by atoms with Crippen LogP contribution >= 0.6 is 31.9 Å². The van der Waals surface area contributed by atoms with E-state index in [2.05, 4.69) is 31.9 Å². The summed E-state index contributed by atoms with van der Waals surface area (Å²) in [6.07, 6.45) is 0.831. The van der Waals surface area contributed by atoms with E-state index in [9.17, 15) is 8.42 Å². The van der Waals surface area contributed by atoms with Gasteiger partial charge in [-0.05, 0) is 29.5 Å². The summed E-state index contributed by atoms with van der Waals surface area (Å²) in [5, 5.41) is 6.06. The van der Waals surface area contributed by atoms with Crippen molar-refractivity contribution in [1.82, 2.24) is 0 Å². The quantitative estimate of drug-likeness (QED) is 0.810. The fourth-order valence-electron chi connectivity index (χ4n) is 1.66. The second-order valence-electron chi connectivity index (χ2n) is 4.51. The highest BCUT2D eigenvalue weighted by Gasteiger charge is 2.27. The van der Waals surface area contributed by atoms with E-state index in [0.717, 1.165) is 17.3 Å². The van der Waals surface area contributed by atoms with Gasteiger partial charge in [0.1, 0.15) is 0 Å². The summed E-state index contributed by atoms with van der Waals surface area (Å²) < 4.78 is 23.9. The van der Waals surface area contributed by atoms with Gasteiger partial charge in [0.05, 0.1) is 4.90 Å². The molecule has 96 valence electrons. The van der Waals surface area contributed by atoms with E-state index in [4.69, 9.17) is 5.14 Å². The third-order valence-corrected chi connectivity index (χ3v) is 4.54. The maximum absolute atomic E-state index is 11.6. The zero-order valence-corrected chi connectivity index (χ0v) is 13.7. The van der Waals surface area contributed by atoms with Crippen LogP contribution in [0.3, 0.4) is 0 Å². The lowest BCUT2D eigenvalue weighted by atomic mass is 9.82. The third-order valence-electron chi connectivity index (χ3n) is 2.70. The normalized spacial score (nSPS) is 12.8. The minimum Gasteiger partial charge on any atom is -0.225 e. The Morgan fingerprint density at radius 1 is 1.35 bits per heavy atom. The standard InChI is InChI=1S/C11H15Br2NO2S/c1-11(2,5-6-12)9-4-3-8(13)7-10(9)17(14,15)16/h3-4,7H,5-6H2,1-2H3,(H2,14,15,16). The Labute approximate surface area is 119 Å². The van der Waals surface area contributed by atoms with Crippen molar-refractivity contribution >= 4 is 41.9 Å². The van der Waals surface area contributed by atoms with Crippen molar-refractivity contribution < 1.29 is 8.42 Å². The molecule has 17 heavy (non-hydrogen) atoms. The van der Waals surface area contributed by atoms with Crippen LogP contribution in [-0.4, -0.2) is 13.7 Å². The Morgan fingerprint density at radius 3 is 2.41 bits per heavy atom. The third kappa shape index (κ3) is 3.77. The van der Waals surface area contributed by atoms with Gasteiger partial charge in [0.25, 0.3) is 0 Å². The van der Waals surface area contributed by atoms with Crippen molar-refractivity contribution in [1.29, 1.82) is 0 Å². The monoisotopic (exact) mass is 383 g/mol. The summed E-state index contributed by atoms with van der Waals surface area (Å²) in [5.41, 5.74) is 0.508. The number of alkyl halides is 1. The summed E-state index contributed by atoms with van der Waals surface area (Å²) in [6, 6.07) is 5.20. The van der Waals surface area contributed by atoms with E-state index in [0.29, 0.717) is 4.47 Å². The van der Waals surface area contributed by atoms with Crippen LogP contribution in [-0.2, 0) is 15.4 Å². The Kier molecular flexibility index (Phi) is 4.80. The predicted molar refractivity (Wildman–Crippen MR) is 77.0 cm³/mol. The van der Waals surface area contributed by atoms with E-state index in [-0.39, 0.29) is 10.3 Å². The van der Waals surface area contributed by atoms with Gasteiger partial charge >= 0.3 is 0 Å². The van der Waals surface area contributed by atoms with Crippen molar-refractivity contribution in [2.45, 2.75) is 30.6 Å². The van der Waals surface area contributed by atoms with Crippen molar-refractivity contribution in [3.8, 4) is 0 Å². The molecule has 0 aromatic heterocycles. The lowest BCUT2D eigenvalue weighted by Crippen LogP contribution is -2.24. The van der Waals surface area contributed by atoms with E-state index in [1.807, 2.05) is 26.0 Å². The van der Waals surface area contributed by atoms with Crippen molar-refractivity contribution in [2.75, 3.05) is 5.33 Å². The maximum Gasteiger partial charge on any atom is 0.238 e. The molecule has 0 saturated heterocycles. The van der Waals surface area contributed by atoms with Gasteiger partial charge in [0.2, 0.25) is 10.0 Å². The summed E-state index contributed by atoms with van der Waals surface area (Å²) in [7, 11) is -3.70. The van der Waals surface area contributed by atoms with E-state index in [1.54, 1.807) is 6.07 Å². The molecule has 1 rings (SSSR count). The molecule has 0 spiro atoms. The van der Waals surface area contributed by atoms with Crippen LogP contribution in [0.15, 0.2) is 27.6 Å². The van der Waals surface area contributed by atoms with Crippen LogP contribution in [0.5, 0.6) is 0 Å². The number of halogens is 2. The number of sulfonamides is 1. The molecular formula is C11H15Br2NO2S. The molecule has 0 bridgehead atoms. The van der Waals surface area contributed by atoms with E-state index < -0.39 is 10.0 Å². The molecular weight excluding hydrogens is 370 g/mol. The van der Waals surface area contributed by atoms with Crippen molar-refractivity contribution in [2.24, 2.45) is 5.14 Å². The summed E-state index contributed by atoms with van der Waals surface area (Å²) >= 11 is 6.65. The van der Waals surface area contributed by atoms with E-state index >= 15 is 0 Å². The number of nitrogens with two attached hydrogens (primary N) is 1. The zero-order valence-electron chi connectivity index (χ0n) is 9.70. The minimum atomic E-state index is -3.70. The van der Waals surface area contributed by atoms with Gasteiger partial charge in [0, 0.05) is 9.80 Å².